The van der Waals surface area contributed by atoms with Gasteiger partial charge in [0.15, 0.2) is 5.16 Å². The Morgan fingerprint density at radius 2 is 2.18 bits per heavy atom. The standard InChI is InChI=1S/C16H15N3O2S/c1-3-13-16(2,11-6-4-10(8-17)5-7-11)19-12(14(20)21)9-18-15(19)22-13/h4-7,9,13H,3H2,1-2H3,(H,20,21). The summed E-state index contributed by atoms with van der Waals surface area (Å²) in [4.78, 5) is 15.8. The van der Waals surface area contributed by atoms with Gasteiger partial charge in [-0.3, -0.25) is 0 Å². The molecule has 3 rings (SSSR count). The monoisotopic (exact) mass is 313 g/mol. The van der Waals surface area contributed by atoms with Crippen molar-refractivity contribution in [3.63, 3.8) is 0 Å². The molecular formula is C16H15N3O2S. The van der Waals surface area contributed by atoms with E-state index in [0.29, 0.717) is 5.56 Å². The fourth-order valence-corrected chi connectivity index (χ4v) is 4.48. The summed E-state index contributed by atoms with van der Waals surface area (Å²) >= 11 is 1.61. The smallest absolute Gasteiger partial charge is 0.354 e. The highest BCUT2D eigenvalue weighted by Gasteiger charge is 2.47. The Morgan fingerprint density at radius 3 is 2.73 bits per heavy atom. The van der Waals surface area contributed by atoms with Crippen LogP contribution in [0, 0.1) is 11.3 Å². The normalized spacial score (nSPS) is 23.0. The van der Waals surface area contributed by atoms with Gasteiger partial charge in [-0.2, -0.15) is 5.26 Å². The van der Waals surface area contributed by atoms with Crippen LogP contribution in [0.25, 0.3) is 0 Å². The third-order valence-corrected chi connectivity index (χ3v) is 5.83. The molecule has 1 aromatic carbocycles. The number of nitrogens with zero attached hydrogens (tertiary/aromatic N) is 3. The van der Waals surface area contributed by atoms with Gasteiger partial charge >= 0.3 is 5.97 Å². The van der Waals surface area contributed by atoms with Crippen LogP contribution in [-0.4, -0.2) is 25.9 Å². The fourth-order valence-electron chi connectivity index (χ4n) is 3.08. The number of thioether (sulfide) groups is 1. The van der Waals surface area contributed by atoms with Crippen LogP contribution in [0.1, 0.15) is 41.9 Å². The molecule has 2 heterocycles. The molecule has 2 atom stereocenters. The number of nitriles is 1. The molecule has 2 aromatic rings. The van der Waals surface area contributed by atoms with Crippen LogP contribution in [0.15, 0.2) is 35.6 Å². The second-order valence-electron chi connectivity index (χ2n) is 5.42. The highest BCUT2D eigenvalue weighted by molar-refractivity contribution is 8.00. The second-order valence-corrected chi connectivity index (χ2v) is 6.59. The zero-order valence-electron chi connectivity index (χ0n) is 12.3. The average Bonchev–Trinajstić information content (AvgIpc) is 3.07. The predicted molar refractivity (Wildman–Crippen MR) is 83.0 cm³/mol. The summed E-state index contributed by atoms with van der Waals surface area (Å²) in [6.45, 7) is 4.13. The maximum Gasteiger partial charge on any atom is 0.354 e. The van der Waals surface area contributed by atoms with Gasteiger partial charge in [-0.05, 0) is 31.0 Å². The number of hydrogen-bond acceptors (Lipinski definition) is 4. The van der Waals surface area contributed by atoms with Gasteiger partial charge < -0.3 is 9.67 Å². The largest absolute Gasteiger partial charge is 0.477 e. The molecule has 0 amide bonds. The number of fused-ring (bicyclic) bond motifs is 1. The molecule has 0 aliphatic carbocycles. The molecule has 0 bridgehead atoms. The Balaban J connectivity index is 2.20. The van der Waals surface area contributed by atoms with Gasteiger partial charge in [0.1, 0.15) is 5.69 Å². The summed E-state index contributed by atoms with van der Waals surface area (Å²) < 4.78 is 1.82. The van der Waals surface area contributed by atoms with Crippen LogP contribution < -0.4 is 0 Å². The Hall–Kier alpha value is -2.26. The summed E-state index contributed by atoms with van der Waals surface area (Å²) in [5.41, 5.74) is 1.29. The molecule has 0 spiro atoms. The first kappa shape index (κ1) is 14.7. The Bertz CT molecular complexity index is 776. The van der Waals surface area contributed by atoms with Gasteiger partial charge in [0.25, 0.3) is 0 Å². The van der Waals surface area contributed by atoms with Gasteiger partial charge in [0.2, 0.25) is 0 Å². The second kappa shape index (κ2) is 5.18. The average molecular weight is 313 g/mol. The van der Waals surface area contributed by atoms with E-state index in [1.807, 2.05) is 23.6 Å². The molecule has 5 nitrogen and oxygen atoms in total. The van der Waals surface area contributed by atoms with E-state index in [1.165, 1.54) is 6.20 Å². The lowest BCUT2D eigenvalue weighted by Crippen LogP contribution is -2.39. The number of hydrogen-bond donors (Lipinski definition) is 1. The van der Waals surface area contributed by atoms with Crippen molar-refractivity contribution in [1.29, 1.82) is 5.26 Å². The van der Waals surface area contributed by atoms with E-state index >= 15 is 0 Å². The van der Waals surface area contributed by atoms with Gasteiger partial charge in [0.05, 0.1) is 23.4 Å². The number of carboxylic acid groups (broad SMARTS) is 1. The van der Waals surface area contributed by atoms with Crippen LogP contribution in [0.2, 0.25) is 0 Å². The zero-order chi connectivity index (χ0) is 15.9. The number of aromatic nitrogens is 2. The van der Waals surface area contributed by atoms with Crippen molar-refractivity contribution in [2.45, 2.75) is 36.2 Å². The van der Waals surface area contributed by atoms with E-state index in [4.69, 9.17) is 5.26 Å². The molecule has 1 aromatic heterocycles. The molecule has 22 heavy (non-hydrogen) atoms. The Labute approximate surface area is 132 Å². The molecule has 1 N–H and O–H groups in total. The van der Waals surface area contributed by atoms with Gasteiger partial charge in [0, 0.05) is 5.25 Å². The zero-order valence-corrected chi connectivity index (χ0v) is 13.1. The summed E-state index contributed by atoms with van der Waals surface area (Å²) in [5, 5.41) is 19.3. The maximum atomic E-state index is 11.5. The first-order chi connectivity index (χ1) is 10.5. The highest BCUT2D eigenvalue weighted by atomic mass is 32.2. The van der Waals surface area contributed by atoms with Crippen LogP contribution >= 0.6 is 11.8 Å². The van der Waals surface area contributed by atoms with Crippen LogP contribution in [0.5, 0.6) is 0 Å². The van der Waals surface area contributed by atoms with Crippen molar-refractivity contribution < 1.29 is 9.90 Å². The van der Waals surface area contributed by atoms with Crippen molar-refractivity contribution >= 4 is 17.7 Å². The molecule has 2 unspecified atom stereocenters. The van der Waals surface area contributed by atoms with Crippen molar-refractivity contribution in [1.82, 2.24) is 9.55 Å². The van der Waals surface area contributed by atoms with E-state index < -0.39 is 11.5 Å². The highest BCUT2D eigenvalue weighted by Crippen LogP contribution is 2.49. The van der Waals surface area contributed by atoms with Gasteiger partial charge in [-0.25, -0.2) is 9.78 Å². The minimum absolute atomic E-state index is 0.197. The van der Waals surface area contributed by atoms with Crippen LogP contribution in [-0.2, 0) is 5.54 Å². The van der Waals surface area contributed by atoms with Gasteiger partial charge in [-0.1, -0.05) is 30.8 Å². The van der Waals surface area contributed by atoms with E-state index in [0.717, 1.165) is 17.1 Å². The summed E-state index contributed by atoms with van der Waals surface area (Å²) in [6.07, 6.45) is 2.31. The van der Waals surface area contributed by atoms with Crippen molar-refractivity contribution in [3.05, 3.63) is 47.3 Å². The van der Waals surface area contributed by atoms with E-state index in [1.54, 1.807) is 23.9 Å². The summed E-state index contributed by atoms with van der Waals surface area (Å²) in [6, 6.07) is 9.46. The topological polar surface area (TPSA) is 78.9 Å². The maximum absolute atomic E-state index is 11.5. The van der Waals surface area contributed by atoms with E-state index in [2.05, 4.69) is 18.0 Å². The molecular weight excluding hydrogens is 298 g/mol. The number of carbonyl (C=O) groups is 1. The third kappa shape index (κ3) is 1.93. The quantitative estimate of drug-likeness (QED) is 0.942. The number of benzene rings is 1. The third-order valence-electron chi connectivity index (χ3n) is 4.26. The van der Waals surface area contributed by atoms with Crippen molar-refractivity contribution in [2.75, 3.05) is 0 Å². The lowest BCUT2D eigenvalue weighted by molar-refractivity contribution is 0.0677. The molecule has 0 radical (unpaired) electrons. The summed E-state index contributed by atoms with van der Waals surface area (Å²) in [5.74, 6) is -0.976. The Morgan fingerprint density at radius 1 is 1.50 bits per heavy atom. The minimum Gasteiger partial charge on any atom is -0.477 e. The minimum atomic E-state index is -0.976. The fraction of sp³-hybridized carbons (Fsp3) is 0.312. The number of imidazole rings is 1. The Kier molecular flexibility index (Phi) is 3.45. The number of carboxylic acids is 1. The molecule has 0 saturated heterocycles. The predicted octanol–water partition coefficient (Wildman–Crippen LogP) is 3.10. The molecule has 112 valence electrons. The molecule has 1 aliphatic heterocycles. The molecule has 0 saturated carbocycles. The van der Waals surface area contributed by atoms with Crippen molar-refractivity contribution in [3.8, 4) is 6.07 Å². The number of rotatable bonds is 3. The van der Waals surface area contributed by atoms with Gasteiger partial charge in [-0.15, -0.1) is 0 Å². The lowest BCUT2D eigenvalue weighted by atomic mass is 9.86. The van der Waals surface area contributed by atoms with E-state index in [9.17, 15) is 9.90 Å². The van der Waals surface area contributed by atoms with E-state index in [-0.39, 0.29) is 10.9 Å². The first-order valence-corrected chi connectivity index (χ1v) is 7.89. The van der Waals surface area contributed by atoms with Crippen molar-refractivity contribution in [2.24, 2.45) is 0 Å². The van der Waals surface area contributed by atoms with Crippen LogP contribution in [0.4, 0.5) is 0 Å². The summed E-state index contributed by atoms with van der Waals surface area (Å²) in [7, 11) is 0. The van der Waals surface area contributed by atoms with Crippen LogP contribution in [0.3, 0.4) is 0 Å². The SMILES string of the molecule is CCC1Sc2ncc(C(=O)O)n2C1(C)c1ccc(C#N)cc1. The first-order valence-electron chi connectivity index (χ1n) is 7.01. The molecule has 1 aliphatic rings. The number of aromatic carboxylic acids is 1. The molecule has 6 heteroatoms. The molecule has 0 fully saturated rings. The lowest BCUT2D eigenvalue weighted by Gasteiger charge is -2.33.